The van der Waals surface area contributed by atoms with Crippen LogP contribution < -0.4 is 4.90 Å². The maximum atomic E-state index is 13.3. The average molecular weight is 425 g/mol. The van der Waals surface area contributed by atoms with Crippen molar-refractivity contribution in [2.45, 2.75) is 24.8 Å². The van der Waals surface area contributed by atoms with Gasteiger partial charge < -0.3 is 4.90 Å². The highest BCUT2D eigenvalue weighted by Crippen LogP contribution is 2.36. The molecule has 0 aliphatic carbocycles. The number of fused-ring (bicyclic) bond motifs is 1. The van der Waals surface area contributed by atoms with Gasteiger partial charge in [-0.3, -0.25) is 4.99 Å². The van der Waals surface area contributed by atoms with Crippen molar-refractivity contribution in [3.63, 3.8) is 0 Å². The number of anilines is 1. The van der Waals surface area contributed by atoms with E-state index in [9.17, 15) is 12.8 Å². The van der Waals surface area contributed by atoms with Gasteiger partial charge in [-0.25, -0.2) is 12.8 Å². The maximum absolute atomic E-state index is 13.3. The molecule has 0 N–H and O–H groups in total. The first-order chi connectivity index (χ1) is 12.8. The van der Waals surface area contributed by atoms with Gasteiger partial charge in [0.15, 0.2) is 15.0 Å². The van der Waals surface area contributed by atoms with E-state index in [2.05, 4.69) is 0 Å². The van der Waals surface area contributed by atoms with E-state index in [4.69, 9.17) is 16.6 Å². The Morgan fingerprint density at radius 3 is 2.67 bits per heavy atom. The van der Waals surface area contributed by atoms with Gasteiger partial charge >= 0.3 is 0 Å². The highest BCUT2D eigenvalue weighted by Gasteiger charge is 2.47. The molecule has 4 nitrogen and oxygen atoms in total. The second-order valence-electron chi connectivity index (χ2n) is 6.85. The fourth-order valence-corrected chi connectivity index (χ4v) is 6.71. The SMILES string of the molecule is Cc1ccc(N2C(SCc3ccc(F)cc3Cl)=NC3CS(=O)(=O)CC32)cc1. The number of amidine groups is 1. The van der Waals surface area contributed by atoms with Crippen LogP contribution in [0.5, 0.6) is 0 Å². The normalized spacial score (nSPS) is 23.4. The van der Waals surface area contributed by atoms with Gasteiger partial charge in [0.1, 0.15) is 5.82 Å². The Bertz CT molecular complexity index is 1010. The second-order valence-corrected chi connectivity index (χ2v) is 10.4. The molecule has 0 amide bonds. The largest absolute Gasteiger partial charge is 0.315 e. The van der Waals surface area contributed by atoms with Crippen LogP contribution in [-0.2, 0) is 15.6 Å². The topological polar surface area (TPSA) is 49.7 Å². The summed E-state index contributed by atoms with van der Waals surface area (Å²) in [6.07, 6.45) is 0. The molecule has 0 bridgehead atoms. The molecule has 142 valence electrons. The summed E-state index contributed by atoms with van der Waals surface area (Å²) in [6, 6.07) is 11.9. The van der Waals surface area contributed by atoms with E-state index in [0.717, 1.165) is 22.0 Å². The molecule has 4 rings (SSSR count). The molecule has 2 aliphatic rings. The number of hydrogen-bond donors (Lipinski definition) is 0. The first-order valence-corrected chi connectivity index (χ1v) is 11.7. The molecule has 1 saturated heterocycles. The summed E-state index contributed by atoms with van der Waals surface area (Å²) in [4.78, 5) is 6.72. The van der Waals surface area contributed by atoms with Crippen LogP contribution in [0.2, 0.25) is 5.02 Å². The zero-order valence-corrected chi connectivity index (χ0v) is 17.0. The fourth-order valence-electron chi connectivity index (χ4n) is 3.42. The summed E-state index contributed by atoms with van der Waals surface area (Å²) >= 11 is 7.63. The van der Waals surface area contributed by atoms with Crippen molar-refractivity contribution < 1.29 is 12.8 Å². The summed E-state index contributed by atoms with van der Waals surface area (Å²) in [5, 5.41) is 1.16. The molecule has 0 radical (unpaired) electrons. The molecule has 2 atom stereocenters. The van der Waals surface area contributed by atoms with Crippen molar-refractivity contribution in [2.24, 2.45) is 4.99 Å². The molecule has 2 aromatic rings. The third-order valence-electron chi connectivity index (χ3n) is 4.79. The van der Waals surface area contributed by atoms with Gasteiger partial charge in [-0.15, -0.1) is 0 Å². The minimum Gasteiger partial charge on any atom is -0.315 e. The van der Waals surface area contributed by atoms with Crippen molar-refractivity contribution in [1.82, 2.24) is 0 Å². The van der Waals surface area contributed by atoms with Gasteiger partial charge in [0.05, 0.1) is 23.6 Å². The van der Waals surface area contributed by atoms with E-state index in [1.54, 1.807) is 6.07 Å². The minimum absolute atomic E-state index is 0.0847. The smallest absolute Gasteiger partial charge is 0.164 e. The average Bonchev–Trinajstić information content (AvgIpc) is 3.06. The first-order valence-electron chi connectivity index (χ1n) is 8.53. The second kappa shape index (κ2) is 7.11. The Morgan fingerprint density at radius 1 is 1.22 bits per heavy atom. The molecular weight excluding hydrogens is 407 g/mol. The molecule has 0 aromatic heterocycles. The van der Waals surface area contributed by atoms with Crippen LogP contribution in [0.3, 0.4) is 0 Å². The summed E-state index contributed by atoms with van der Waals surface area (Å²) in [5.41, 5.74) is 2.89. The number of aliphatic imine (C=N–C) groups is 1. The zero-order valence-electron chi connectivity index (χ0n) is 14.6. The lowest BCUT2D eigenvalue weighted by Gasteiger charge is -2.26. The summed E-state index contributed by atoms with van der Waals surface area (Å²) in [6.45, 7) is 2.01. The van der Waals surface area contributed by atoms with E-state index >= 15 is 0 Å². The van der Waals surface area contributed by atoms with Gasteiger partial charge in [-0.1, -0.05) is 47.1 Å². The molecular formula is C19H18ClFN2O2S2. The van der Waals surface area contributed by atoms with E-state index in [0.29, 0.717) is 10.8 Å². The Kier molecular flexibility index (Phi) is 4.94. The zero-order chi connectivity index (χ0) is 19.2. The number of rotatable bonds is 3. The number of hydrogen-bond acceptors (Lipinski definition) is 5. The molecule has 0 spiro atoms. The van der Waals surface area contributed by atoms with Crippen molar-refractivity contribution >= 4 is 44.1 Å². The van der Waals surface area contributed by atoms with E-state index < -0.39 is 9.84 Å². The quantitative estimate of drug-likeness (QED) is 0.745. The number of thioether (sulfide) groups is 1. The molecule has 2 aromatic carbocycles. The number of halogens is 2. The third-order valence-corrected chi connectivity index (χ3v) is 7.86. The molecule has 2 aliphatic heterocycles. The highest BCUT2D eigenvalue weighted by molar-refractivity contribution is 8.13. The predicted octanol–water partition coefficient (Wildman–Crippen LogP) is 4.06. The van der Waals surface area contributed by atoms with Crippen LogP contribution in [0.15, 0.2) is 47.5 Å². The Morgan fingerprint density at radius 2 is 1.96 bits per heavy atom. The number of sulfone groups is 1. The molecule has 1 fully saturated rings. The van der Waals surface area contributed by atoms with E-state index in [1.165, 1.54) is 23.9 Å². The van der Waals surface area contributed by atoms with Crippen LogP contribution >= 0.6 is 23.4 Å². The monoisotopic (exact) mass is 424 g/mol. The van der Waals surface area contributed by atoms with Gasteiger partial charge in [-0.05, 0) is 36.8 Å². The molecule has 8 heteroatoms. The van der Waals surface area contributed by atoms with Gasteiger partial charge in [0, 0.05) is 16.5 Å². The maximum Gasteiger partial charge on any atom is 0.164 e. The molecule has 2 heterocycles. The Hall–Kier alpha value is -1.57. The van der Waals surface area contributed by atoms with Crippen LogP contribution in [0.1, 0.15) is 11.1 Å². The van der Waals surface area contributed by atoms with Crippen molar-refractivity contribution in [1.29, 1.82) is 0 Å². The lowest BCUT2D eigenvalue weighted by atomic mass is 10.1. The Labute approximate surface area is 167 Å². The predicted molar refractivity (Wildman–Crippen MR) is 110 cm³/mol. The van der Waals surface area contributed by atoms with Gasteiger partial charge in [0.2, 0.25) is 0 Å². The molecule has 0 saturated carbocycles. The fraction of sp³-hybridized carbons (Fsp3) is 0.316. The highest BCUT2D eigenvalue weighted by atomic mass is 35.5. The van der Waals surface area contributed by atoms with Crippen LogP contribution in [0.25, 0.3) is 0 Å². The summed E-state index contributed by atoms with van der Waals surface area (Å²) in [5.74, 6) is 0.359. The number of aryl methyl sites for hydroxylation is 1. The van der Waals surface area contributed by atoms with Gasteiger partial charge in [-0.2, -0.15) is 0 Å². The van der Waals surface area contributed by atoms with Gasteiger partial charge in [0.25, 0.3) is 0 Å². The van der Waals surface area contributed by atoms with Crippen molar-refractivity contribution in [3.05, 3.63) is 64.4 Å². The van der Waals surface area contributed by atoms with Crippen LogP contribution in [0, 0.1) is 12.7 Å². The lowest BCUT2D eigenvalue weighted by Crippen LogP contribution is -2.39. The summed E-state index contributed by atoms with van der Waals surface area (Å²) in [7, 11) is -3.08. The van der Waals surface area contributed by atoms with E-state index in [-0.39, 0.29) is 29.4 Å². The summed E-state index contributed by atoms with van der Waals surface area (Å²) < 4.78 is 37.4. The Balaban J connectivity index is 1.61. The van der Waals surface area contributed by atoms with Crippen molar-refractivity contribution in [2.75, 3.05) is 16.4 Å². The number of nitrogens with zero attached hydrogens (tertiary/aromatic N) is 2. The van der Waals surface area contributed by atoms with Crippen LogP contribution in [-0.4, -0.2) is 37.2 Å². The van der Waals surface area contributed by atoms with Crippen LogP contribution in [0.4, 0.5) is 10.1 Å². The van der Waals surface area contributed by atoms with E-state index in [1.807, 2.05) is 36.1 Å². The standard InChI is InChI=1S/C19H18ClFN2O2S2/c1-12-2-6-15(7-3-12)23-18-11-27(24,25)10-17(18)22-19(23)26-9-13-4-5-14(21)8-16(13)20/h2-8,17-18H,9-11H2,1H3. The van der Waals surface area contributed by atoms with Crippen molar-refractivity contribution in [3.8, 4) is 0 Å². The molecule has 27 heavy (non-hydrogen) atoms. The lowest BCUT2D eigenvalue weighted by molar-refractivity contribution is 0.601. The minimum atomic E-state index is -3.08. The third kappa shape index (κ3) is 3.86. The molecule has 2 unspecified atom stereocenters. The number of benzene rings is 2. The first kappa shape index (κ1) is 18.8.